The van der Waals surface area contributed by atoms with E-state index in [1.54, 1.807) is 18.2 Å². The summed E-state index contributed by atoms with van der Waals surface area (Å²) in [5.41, 5.74) is 1.45. The van der Waals surface area contributed by atoms with Gasteiger partial charge in [-0.15, -0.1) is 6.58 Å². The Morgan fingerprint density at radius 1 is 1.26 bits per heavy atom. The Hall–Kier alpha value is -2.48. The lowest BCUT2D eigenvalue weighted by Crippen LogP contribution is -2.39. The highest BCUT2D eigenvalue weighted by molar-refractivity contribution is 9.10. The number of halogens is 1. The molecule has 120 valence electrons. The monoisotopic (exact) mass is 379 g/mol. The van der Waals surface area contributed by atoms with Crippen molar-refractivity contribution < 1.29 is 19.2 Å². The fourth-order valence-corrected chi connectivity index (χ4v) is 2.29. The number of anilines is 1. The van der Waals surface area contributed by atoms with Crippen molar-refractivity contribution >= 4 is 45.4 Å². The van der Waals surface area contributed by atoms with Gasteiger partial charge in [-0.2, -0.15) is 0 Å². The number of urea groups is 1. The quantitative estimate of drug-likeness (QED) is 0.478. The molecule has 0 bridgehead atoms. The molecule has 1 N–H and O–H groups in total. The number of hydrogen-bond acceptors (Lipinski definition) is 4. The lowest BCUT2D eigenvalue weighted by molar-refractivity contribution is -0.143. The van der Waals surface area contributed by atoms with Gasteiger partial charge in [-0.25, -0.2) is 9.69 Å². The molecule has 0 spiro atoms. The molecule has 0 unspecified atom stereocenters. The summed E-state index contributed by atoms with van der Waals surface area (Å²) in [5.74, 6) is -2.54. The van der Waals surface area contributed by atoms with E-state index in [1.807, 2.05) is 6.92 Å². The highest BCUT2D eigenvalue weighted by Crippen LogP contribution is 2.20. The number of benzene rings is 1. The molecule has 2 rings (SSSR count). The Morgan fingerprint density at radius 3 is 2.52 bits per heavy atom. The molecule has 0 radical (unpaired) electrons. The van der Waals surface area contributed by atoms with Crippen LogP contribution < -0.4 is 5.32 Å². The van der Waals surface area contributed by atoms with E-state index in [1.165, 1.54) is 6.08 Å². The average Bonchev–Trinajstić information content (AvgIpc) is 2.69. The molecule has 5 amide bonds. The summed E-state index contributed by atoms with van der Waals surface area (Å²) < 4.78 is 0.895. The van der Waals surface area contributed by atoms with Gasteiger partial charge in [0.1, 0.15) is 6.54 Å². The maximum atomic E-state index is 12.0. The van der Waals surface area contributed by atoms with E-state index in [4.69, 9.17) is 0 Å². The van der Waals surface area contributed by atoms with Crippen molar-refractivity contribution in [1.82, 2.24) is 9.80 Å². The van der Waals surface area contributed by atoms with E-state index in [0.717, 1.165) is 14.9 Å². The summed E-state index contributed by atoms with van der Waals surface area (Å²) in [5, 5.41) is 2.58. The Bertz CT molecular complexity index is 717. The van der Waals surface area contributed by atoms with Crippen molar-refractivity contribution in [1.29, 1.82) is 0 Å². The minimum Gasteiger partial charge on any atom is -0.325 e. The predicted octanol–water partition coefficient (Wildman–Crippen LogP) is 1.67. The summed E-state index contributed by atoms with van der Waals surface area (Å²) in [7, 11) is 0. The lowest BCUT2D eigenvalue weighted by Gasteiger charge is -2.14. The van der Waals surface area contributed by atoms with E-state index < -0.39 is 30.3 Å². The molecule has 1 aliphatic heterocycles. The second kappa shape index (κ2) is 6.74. The Balaban J connectivity index is 2.06. The van der Waals surface area contributed by atoms with E-state index in [2.05, 4.69) is 27.8 Å². The molecule has 7 nitrogen and oxygen atoms in total. The van der Waals surface area contributed by atoms with Crippen LogP contribution in [-0.4, -0.2) is 46.6 Å². The van der Waals surface area contributed by atoms with Gasteiger partial charge in [-0.3, -0.25) is 19.3 Å². The first-order chi connectivity index (χ1) is 10.8. The summed E-state index contributed by atoms with van der Waals surface area (Å²) in [4.78, 5) is 48.8. The maximum absolute atomic E-state index is 12.0. The Kier molecular flexibility index (Phi) is 4.95. The standard InChI is InChI=1S/C15H14BrN3O4/c1-3-6-18-13(21)14(22)19(15(18)23)8-12(20)17-10-4-5-11(16)9(2)7-10/h3-5,7H,1,6,8H2,2H3,(H,17,20). The maximum Gasteiger partial charge on any atom is 0.335 e. The fourth-order valence-electron chi connectivity index (χ4n) is 2.05. The first kappa shape index (κ1) is 16.9. The van der Waals surface area contributed by atoms with Gasteiger partial charge in [-0.05, 0) is 30.7 Å². The molecule has 0 aromatic heterocycles. The first-order valence-electron chi connectivity index (χ1n) is 6.69. The lowest BCUT2D eigenvalue weighted by atomic mass is 10.2. The molecule has 0 aliphatic carbocycles. The molecule has 1 aromatic rings. The molecule has 1 aromatic carbocycles. The summed E-state index contributed by atoms with van der Waals surface area (Å²) in [6.45, 7) is 4.68. The first-order valence-corrected chi connectivity index (χ1v) is 7.48. The van der Waals surface area contributed by atoms with Crippen LogP contribution in [0.4, 0.5) is 10.5 Å². The van der Waals surface area contributed by atoms with Gasteiger partial charge in [0.2, 0.25) is 5.91 Å². The molecule has 1 saturated heterocycles. The normalized spacial score (nSPS) is 14.4. The predicted molar refractivity (Wildman–Crippen MR) is 86.5 cm³/mol. The number of nitrogens with zero attached hydrogens (tertiary/aromatic N) is 2. The zero-order valence-electron chi connectivity index (χ0n) is 12.3. The number of rotatable bonds is 5. The van der Waals surface area contributed by atoms with Gasteiger partial charge in [-0.1, -0.05) is 22.0 Å². The van der Waals surface area contributed by atoms with Crippen LogP contribution in [0, 0.1) is 6.92 Å². The van der Waals surface area contributed by atoms with Crippen LogP contribution in [0.3, 0.4) is 0 Å². The summed E-state index contributed by atoms with van der Waals surface area (Å²) >= 11 is 3.35. The second-order valence-electron chi connectivity index (χ2n) is 4.89. The van der Waals surface area contributed by atoms with Gasteiger partial charge >= 0.3 is 17.8 Å². The van der Waals surface area contributed by atoms with Crippen LogP contribution >= 0.6 is 15.9 Å². The number of hydrogen-bond donors (Lipinski definition) is 1. The SMILES string of the molecule is C=CCN1C(=O)C(=O)N(CC(=O)Nc2ccc(Br)c(C)c2)C1=O. The largest absolute Gasteiger partial charge is 0.335 e. The number of nitrogens with one attached hydrogen (secondary N) is 1. The molecule has 1 aliphatic rings. The highest BCUT2D eigenvalue weighted by Gasteiger charge is 2.44. The summed E-state index contributed by atoms with van der Waals surface area (Å²) in [6.07, 6.45) is 1.33. The minimum atomic E-state index is -1.01. The average molecular weight is 380 g/mol. The van der Waals surface area contributed by atoms with E-state index in [9.17, 15) is 19.2 Å². The molecule has 1 heterocycles. The van der Waals surface area contributed by atoms with Gasteiger partial charge < -0.3 is 5.32 Å². The Morgan fingerprint density at radius 2 is 1.91 bits per heavy atom. The summed E-state index contributed by atoms with van der Waals surface area (Å²) in [6, 6.07) is 4.37. The van der Waals surface area contributed by atoms with Crippen LogP contribution in [0.2, 0.25) is 0 Å². The topological polar surface area (TPSA) is 86.8 Å². The number of amides is 5. The number of carbonyl (C=O) groups is 4. The van der Waals surface area contributed by atoms with Gasteiger partial charge in [0, 0.05) is 16.7 Å². The molecule has 0 atom stereocenters. The smallest absolute Gasteiger partial charge is 0.325 e. The second-order valence-corrected chi connectivity index (χ2v) is 5.74. The highest BCUT2D eigenvalue weighted by atomic mass is 79.9. The van der Waals surface area contributed by atoms with Crippen LogP contribution in [0.1, 0.15) is 5.56 Å². The van der Waals surface area contributed by atoms with Gasteiger partial charge in [0.05, 0.1) is 0 Å². The zero-order valence-corrected chi connectivity index (χ0v) is 13.9. The molecular formula is C15H14BrN3O4. The third-order valence-corrected chi connectivity index (χ3v) is 4.08. The van der Waals surface area contributed by atoms with Crippen LogP contribution in [0.25, 0.3) is 0 Å². The van der Waals surface area contributed by atoms with Crippen molar-refractivity contribution in [2.75, 3.05) is 18.4 Å². The van der Waals surface area contributed by atoms with Crippen molar-refractivity contribution in [3.8, 4) is 0 Å². The van der Waals surface area contributed by atoms with Crippen molar-refractivity contribution in [3.63, 3.8) is 0 Å². The van der Waals surface area contributed by atoms with E-state index in [0.29, 0.717) is 10.6 Å². The third kappa shape index (κ3) is 3.48. The van der Waals surface area contributed by atoms with E-state index in [-0.39, 0.29) is 6.54 Å². The zero-order chi connectivity index (χ0) is 17.1. The number of imide groups is 2. The molecule has 8 heteroatoms. The molecular weight excluding hydrogens is 366 g/mol. The molecule has 23 heavy (non-hydrogen) atoms. The molecule has 0 saturated carbocycles. The third-order valence-electron chi connectivity index (χ3n) is 3.19. The number of carbonyl (C=O) groups excluding carboxylic acids is 4. The van der Waals surface area contributed by atoms with Crippen LogP contribution in [-0.2, 0) is 14.4 Å². The van der Waals surface area contributed by atoms with E-state index >= 15 is 0 Å². The fraction of sp³-hybridized carbons (Fsp3) is 0.200. The van der Waals surface area contributed by atoms with Crippen molar-refractivity contribution in [2.24, 2.45) is 0 Å². The minimum absolute atomic E-state index is 0.0760. The van der Waals surface area contributed by atoms with Gasteiger partial charge in [0.25, 0.3) is 0 Å². The van der Waals surface area contributed by atoms with Crippen LogP contribution in [0.5, 0.6) is 0 Å². The number of aryl methyl sites for hydroxylation is 1. The van der Waals surface area contributed by atoms with Crippen LogP contribution in [0.15, 0.2) is 35.3 Å². The van der Waals surface area contributed by atoms with Gasteiger partial charge in [0.15, 0.2) is 0 Å². The molecule has 1 fully saturated rings. The Labute approximate surface area is 141 Å². The van der Waals surface area contributed by atoms with Crippen molar-refractivity contribution in [3.05, 3.63) is 40.9 Å². The van der Waals surface area contributed by atoms with Crippen molar-refractivity contribution in [2.45, 2.75) is 6.92 Å².